The number of thioether (sulfide) groups is 1. The molecule has 0 aliphatic rings. The molecule has 0 unspecified atom stereocenters. The zero-order chi connectivity index (χ0) is 10.7. The lowest BCUT2D eigenvalue weighted by atomic mass is 10.1. The molecular formula is C12H18OS. The molecule has 0 aliphatic carbocycles. The van der Waals surface area contributed by atoms with Gasteiger partial charge in [-0.3, -0.25) is 0 Å². The molecule has 1 nitrogen and oxygen atoms in total. The van der Waals surface area contributed by atoms with Crippen molar-refractivity contribution in [2.45, 2.75) is 38.7 Å². The van der Waals surface area contributed by atoms with E-state index in [4.69, 9.17) is 4.74 Å². The third-order valence-corrected chi connectivity index (χ3v) is 3.06. The highest BCUT2D eigenvalue weighted by molar-refractivity contribution is 7.98. The molecule has 0 amide bonds. The molecule has 0 heterocycles. The second-order valence-corrected chi connectivity index (χ2v) is 4.57. The molecule has 0 saturated heterocycles. The first kappa shape index (κ1) is 11.4. The summed E-state index contributed by atoms with van der Waals surface area (Å²) in [4.78, 5) is 1.36. The number of hydrogen-bond acceptors (Lipinski definition) is 2. The Labute approximate surface area is 90.9 Å². The Balaban J connectivity index is 3.01. The minimum absolute atomic E-state index is 0.244. The van der Waals surface area contributed by atoms with Crippen molar-refractivity contribution in [2.24, 2.45) is 0 Å². The molecule has 14 heavy (non-hydrogen) atoms. The second-order valence-electron chi connectivity index (χ2n) is 3.76. The molecule has 1 rings (SSSR count). The van der Waals surface area contributed by atoms with Gasteiger partial charge in [0.15, 0.2) is 0 Å². The molecule has 0 bridgehead atoms. The first-order valence-corrected chi connectivity index (χ1v) is 6.09. The van der Waals surface area contributed by atoms with Crippen LogP contribution in [0.25, 0.3) is 0 Å². The monoisotopic (exact) mass is 210 g/mol. The largest absolute Gasteiger partial charge is 0.491 e. The summed E-state index contributed by atoms with van der Waals surface area (Å²) in [6, 6.07) is 4.22. The van der Waals surface area contributed by atoms with Gasteiger partial charge >= 0.3 is 0 Å². The summed E-state index contributed by atoms with van der Waals surface area (Å²) < 4.78 is 5.67. The molecular weight excluding hydrogens is 192 g/mol. The summed E-state index contributed by atoms with van der Waals surface area (Å²) in [6.07, 6.45) is 2.35. The lowest BCUT2D eigenvalue weighted by molar-refractivity contribution is 0.242. The molecule has 0 fully saturated rings. The minimum atomic E-state index is 0.244. The molecule has 2 heteroatoms. The first-order valence-electron chi connectivity index (χ1n) is 4.86. The van der Waals surface area contributed by atoms with Crippen molar-refractivity contribution >= 4 is 11.8 Å². The number of hydrogen-bond donors (Lipinski definition) is 0. The lowest BCUT2D eigenvalue weighted by Gasteiger charge is -2.13. The molecule has 0 aliphatic heterocycles. The standard InChI is InChI=1S/C12H18OS/c1-8(2)13-11-6-9(3)12(14-5)10(4)7-11/h6-8H,1-5H3. The van der Waals surface area contributed by atoms with E-state index < -0.39 is 0 Å². The first-order chi connectivity index (χ1) is 6.54. The molecule has 0 radical (unpaired) electrons. The molecule has 0 N–H and O–H groups in total. The maximum atomic E-state index is 5.67. The van der Waals surface area contributed by atoms with E-state index in [1.54, 1.807) is 11.8 Å². The van der Waals surface area contributed by atoms with E-state index in [9.17, 15) is 0 Å². The predicted octanol–water partition coefficient (Wildman–Crippen LogP) is 3.81. The molecule has 1 aromatic rings. The van der Waals surface area contributed by atoms with Crippen molar-refractivity contribution < 1.29 is 4.74 Å². The summed E-state index contributed by atoms with van der Waals surface area (Å²) in [5.41, 5.74) is 2.60. The van der Waals surface area contributed by atoms with Crippen LogP contribution in [0.4, 0.5) is 0 Å². The maximum Gasteiger partial charge on any atom is 0.120 e. The van der Waals surface area contributed by atoms with Crippen LogP contribution in [0, 0.1) is 13.8 Å². The third kappa shape index (κ3) is 2.68. The highest BCUT2D eigenvalue weighted by Crippen LogP contribution is 2.28. The van der Waals surface area contributed by atoms with Gasteiger partial charge in [-0.05, 0) is 57.2 Å². The number of aryl methyl sites for hydroxylation is 2. The maximum absolute atomic E-state index is 5.67. The fraction of sp³-hybridized carbons (Fsp3) is 0.500. The van der Waals surface area contributed by atoms with Crippen molar-refractivity contribution in [1.82, 2.24) is 0 Å². The molecule has 0 atom stereocenters. The summed E-state index contributed by atoms with van der Waals surface area (Å²) in [6.45, 7) is 8.36. The molecule has 0 saturated carbocycles. The van der Waals surface area contributed by atoms with Gasteiger partial charge in [0.1, 0.15) is 5.75 Å². The third-order valence-electron chi connectivity index (χ3n) is 2.01. The van der Waals surface area contributed by atoms with Crippen LogP contribution in [-0.2, 0) is 0 Å². The van der Waals surface area contributed by atoms with E-state index >= 15 is 0 Å². The Morgan fingerprint density at radius 3 is 2.00 bits per heavy atom. The molecule has 0 spiro atoms. The van der Waals surface area contributed by atoms with Gasteiger partial charge in [-0.25, -0.2) is 0 Å². The number of rotatable bonds is 3. The highest BCUT2D eigenvalue weighted by atomic mass is 32.2. The zero-order valence-corrected chi connectivity index (χ0v) is 10.4. The van der Waals surface area contributed by atoms with Crippen molar-refractivity contribution in [1.29, 1.82) is 0 Å². The van der Waals surface area contributed by atoms with Gasteiger partial charge in [0.2, 0.25) is 0 Å². The average Bonchev–Trinajstić information content (AvgIpc) is 2.01. The topological polar surface area (TPSA) is 9.23 Å². The van der Waals surface area contributed by atoms with Crippen LogP contribution < -0.4 is 4.74 Å². The normalized spacial score (nSPS) is 10.7. The molecule has 1 aromatic carbocycles. The highest BCUT2D eigenvalue weighted by Gasteiger charge is 2.05. The summed E-state index contributed by atoms with van der Waals surface area (Å²) in [5.74, 6) is 0.979. The number of benzene rings is 1. The van der Waals surface area contributed by atoms with Gasteiger partial charge in [0.05, 0.1) is 6.10 Å². The SMILES string of the molecule is CSc1c(C)cc(OC(C)C)cc1C. The lowest BCUT2D eigenvalue weighted by Crippen LogP contribution is -2.06. The summed E-state index contributed by atoms with van der Waals surface area (Å²) in [5, 5.41) is 0. The average molecular weight is 210 g/mol. The Bertz CT molecular complexity index is 295. The van der Waals surface area contributed by atoms with E-state index in [0.717, 1.165) is 5.75 Å². The Morgan fingerprint density at radius 1 is 1.14 bits per heavy atom. The Hall–Kier alpha value is -0.630. The van der Waals surface area contributed by atoms with Crippen LogP contribution in [0.2, 0.25) is 0 Å². The fourth-order valence-electron chi connectivity index (χ4n) is 1.57. The van der Waals surface area contributed by atoms with Gasteiger partial charge in [0.25, 0.3) is 0 Å². The minimum Gasteiger partial charge on any atom is -0.491 e. The molecule has 0 aromatic heterocycles. The summed E-state index contributed by atoms with van der Waals surface area (Å²) in [7, 11) is 0. The zero-order valence-electron chi connectivity index (χ0n) is 9.55. The Kier molecular flexibility index (Phi) is 3.87. The molecule has 78 valence electrons. The van der Waals surface area contributed by atoms with E-state index in [-0.39, 0.29) is 6.10 Å². The van der Waals surface area contributed by atoms with E-state index in [2.05, 4.69) is 32.2 Å². The van der Waals surface area contributed by atoms with Crippen LogP contribution in [0.15, 0.2) is 17.0 Å². The van der Waals surface area contributed by atoms with Gasteiger partial charge in [-0.1, -0.05) is 0 Å². The van der Waals surface area contributed by atoms with Gasteiger partial charge in [-0.15, -0.1) is 11.8 Å². The van der Waals surface area contributed by atoms with Gasteiger partial charge in [-0.2, -0.15) is 0 Å². The fourth-order valence-corrected chi connectivity index (χ4v) is 2.33. The van der Waals surface area contributed by atoms with E-state index in [1.807, 2.05) is 13.8 Å². The van der Waals surface area contributed by atoms with Crippen molar-refractivity contribution in [2.75, 3.05) is 6.26 Å². The van der Waals surface area contributed by atoms with Crippen LogP contribution in [-0.4, -0.2) is 12.4 Å². The smallest absolute Gasteiger partial charge is 0.120 e. The number of ether oxygens (including phenoxy) is 1. The quantitative estimate of drug-likeness (QED) is 0.702. The van der Waals surface area contributed by atoms with Crippen molar-refractivity contribution in [3.8, 4) is 5.75 Å². The summed E-state index contributed by atoms with van der Waals surface area (Å²) >= 11 is 1.79. The van der Waals surface area contributed by atoms with Crippen LogP contribution in [0.3, 0.4) is 0 Å². The van der Waals surface area contributed by atoms with Crippen molar-refractivity contribution in [3.05, 3.63) is 23.3 Å². The van der Waals surface area contributed by atoms with E-state index in [1.165, 1.54) is 16.0 Å². The second kappa shape index (κ2) is 4.74. The van der Waals surface area contributed by atoms with Gasteiger partial charge < -0.3 is 4.74 Å². The van der Waals surface area contributed by atoms with Gasteiger partial charge in [0, 0.05) is 4.90 Å². The van der Waals surface area contributed by atoms with Crippen LogP contribution >= 0.6 is 11.8 Å². The predicted molar refractivity (Wildman–Crippen MR) is 63.5 cm³/mol. The van der Waals surface area contributed by atoms with Crippen molar-refractivity contribution in [3.63, 3.8) is 0 Å². The Morgan fingerprint density at radius 2 is 1.64 bits per heavy atom. The van der Waals surface area contributed by atoms with Crippen LogP contribution in [0.1, 0.15) is 25.0 Å². The van der Waals surface area contributed by atoms with E-state index in [0.29, 0.717) is 0 Å². The van der Waals surface area contributed by atoms with Crippen LogP contribution in [0.5, 0.6) is 5.75 Å².